The molecule has 1 atom stereocenters. The molecule has 0 aliphatic rings. The highest BCUT2D eigenvalue weighted by atomic mass is 35.5. The van der Waals surface area contributed by atoms with Crippen LogP contribution < -0.4 is 5.56 Å². The molecule has 0 saturated carbocycles. The third kappa shape index (κ3) is 4.33. The van der Waals surface area contributed by atoms with Gasteiger partial charge in [0.1, 0.15) is 5.82 Å². The van der Waals surface area contributed by atoms with Crippen molar-refractivity contribution in [2.24, 2.45) is 0 Å². The van der Waals surface area contributed by atoms with Gasteiger partial charge in [0.2, 0.25) is 0 Å². The number of alkyl halides is 2. The summed E-state index contributed by atoms with van der Waals surface area (Å²) in [6.07, 6.45) is 1.71. The number of hydrogen-bond donors (Lipinski definition) is 0. The largest absolute Gasteiger partial charge is 0.330 e. The van der Waals surface area contributed by atoms with Crippen LogP contribution in [0.5, 0.6) is 0 Å². The molecule has 0 aliphatic carbocycles. The van der Waals surface area contributed by atoms with Gasteiger partial charge in [0.25, 0.3) is 11.5 Å². The molecule has 0 aliphatic heterocycles. The van der Waals surface area contributed by atoms with Crippen molar-refractivity contribution in [3.05, 3.63) is 39.4 Å². The Kier molecular flexibility index (Phi) is 7.33. The first kappa shape index (κ1) is 21.0. The van der Waals surface area contributed by atoms with Gasteiger partial charge in [0.15, 0.2) is 4.84 Å². The third-order valence-corrected chi connectivity index (χ3v) is 4.94. The molecule has 0 bridgehead atoms. The lowest BCUT2D eigenvalue weighted by atomic mass is 10.2. The number of carbonyl (C=O) groups excluding carboxylic acids is 1. The summed E-state index contributed by atoms with van der Waals surface area (Å²) in [5.74, 6) is 0.100. The van der Waals surface area contributed by atoms with Gasteiger partial charge in [0.05, 0.1) is 16.9 Å². The highest BCUT2D eigenvalue weighted by Crippen LogP contribution is 2.24. The third-order valence-electron chi connectivity index (χ3n) is 4.33. The zero-order valence-electron chi connectivity index (χ0n) is 15.0. The Labute approximate surface area is 167 Å². The van der Waals surface area contributed by atoms with Gasteiger partial charge in [-0.1, -0.05) is 48.1 Å². The van der Waals surface area contributed by atoms with Crippen LogP contribution in [0.3, 0.4) is 0 Å². The van der Waals surface area contributed by atoms with Crippen LogP contribution in [0.2, 0.25) is 5.02 Å². The van der Waals surface area contributed by atoms with E-state index in [0.29, 0.717) is 34.8 Å². The molecule has 5 nitrogen and oxygen atoms in total. The summed E-state index contributed by atoms with van der Waals surface area (Å²) in [7, 11) is 0. The second kappa shape index (κ2) is 9.07. The number of halogens is 3. The lowest BCUT2D eigenvalue weighted by Crippen LogP contribution is -2.40. The zero-order valence-corrected chi connectivity index (χ0v) is 17.3. The van der Waals surface area contributed by atoms with Crippen molar-refractivity contribution < 1.29 is 4.79 Å². The summed E-state index contributed by atoms with van der Waals surface area (Å²) in [4.78, 5) is 30.4. The average Bonchev–Trinajstić information content (AvgIpc) is 2.61. The number of nitrogens with zero attached hydrogens (tertiary/aromatic N) is 3. The van der Waals surface area contributed by atoms with E-state index in [-0.39, 0.29) is 5.56 Å². The van der Waals surface area contributed by atoms with Gasteiger partial charge < -0.3 is 4.90 Å². The van der Waals surface area contributed by atoms with Crippen molar-refractivity contribution >= 4 is 51.6 Å². The van der Waals surface area contributed by atoms with E-state index in [2.05, 4.69) is 4.98 Å². The van der Waals surface area contributed by atoms with Crippen LogP contribution in [-0.4, -0.2) is 31.7 Å². The maximum Gasteiger partial charge on any atom is 0.261 e. The van der Waals surface area contributed by atoms with Crippen LogP contribution in [0.4, 0.5) is 0 Å². The summed E-state index contributed by atoms with van der Waals surface area (Å²) >= 11 is 17.7. The number of amides is 1. The fourth-order valence-electron chi connectivity index (χ4n) is 2.92. The molecule has 8 heteroatoms. The summed E-state index contributed by atoms with van der Waals surface area (Å²) < 4.78 is 1.57. The molecule has 1 heterocycles. The Bertz CT molecular complexity index is 851. The molecule has 2 aromatic rings. The lowest BCUT2D eigenvalue weighted by Gasteiger charge is -2.30. The van der Waals surface area contributed by atoms with Crippen molar-refractivity contribution in [2.75, 3.05) is 6.54 Å². The maximum atomic E-state index is 12.9. The Morgan fingerprint density at radius 3 is 2.58 bits per heavy atom. The van der Waals surface area contributed by atoms with E-state index in [1.165, 1.54) is 0 Å². The molecule has 0 saturated heterocycles. The molecule has 0 fully saturated rings. The standard InChI is InChI=1S/C18H22Cl3N3O2/c1-4-6-9-24(18(26)15(20)21)11(3)16-22-14-10-12(19)7-8-13(14)17(25)23(16)5-2/h7-8,10-11,15H,4-6,9H2,1-3H3. The molecule has 2 rings (SSSR count). The fraction of sp³-hybridized carbons (Fsp3) is 0.500. The zero-order chi connectivity index (χ0) is 19.4. The summed E-state index contributed by atoms with van der Waals surface area (Å²) in [5.41, 5.74) is 0.345. The topological polar surface area (TPSA) is 55.2 Å². The molecular formula is C18H22Cl3N3O2. The first-order valence-corrected chi connectivity index (χ1v) is 9.85. The molecular weight excluding hydrogens is 397 g/mol. The Balaban J connectivity index is 2.60. The van der Waals surface area contributed by atoms with Crippen molar-refractivity contribution in [1.29, 1.82) is 0 Å². The molecule has 142 valence electrons. The first-order chi connectivity index (χ1) is 12.3. The fourth-order valence-corrected chi connectivity index (χ4v) is 3.34. The van der Waals surface area contributed by atoms with Gasteiger partial charge in [-0.15, -0.1) is 0 Å². The minimum atomic E-state index is -1.16. The molecule has 0 spiro atoms. The number of unbranched alkanes of at least 4 members (excludes halogenated alkanes) is 1. The normalized spacial score (nSPS) is 12.6. The highest BCUT2D eigenvalue weighted by molar-refractivity contribution is 6.53. The van der Waals surface area contributed by atoms with Gasteiger partial charge in [-0.25, -0.2) is 4.98 Å². The van der Waals surface area contributed by atoms with Crippen LogP contribution in [0.25, 0.3) is 10.9 Å². The second-order valence-electron chi connectivity index (χ2n) is 6.04. The molecule has 1 aromatic carbocycles. The van der Waals surface area contributed by atoms with Crippen LogP contribution >= 0.6 is 34.8 Å². The van der Waals surface area contributed by atoms with Gasteiger partial charge in [0, 0.05) is 18.1 Å². The molecule has 0 N–H and O–H groups in total. The van der Waals surface area contributed by atoms with Crippen LogP contribution in [0, 0.1) is 0 Å². The highest BCUT2D eigenvalue weighted by Gasteiger charge is 2.28. The number of fused-ring (bicyclic) bond motifs is 1. The minimum Gasteiger partial charge on any atom is -0.330 e. The molecule has 1 amide bonds. The lowest BCUT2D eigenvalue weighted by molar-refractivity contribution is -0.131. The summed E-state index contributed by atoms with van der Waals surface area (Å²) in [5, 5.41) is 0.990. The van der Waals surface area contributed by atoms with E-state index in [9.17, 15) is 9.59 Å². The van der Waals surface area contributed by atoms with E-state index >= 15 is 0 Å². The number of carbonyl (C=O) groups is 1. The Morgan fingerprint density at radius 1 is 1.31 bits per heavy atom. The van der Waals surface area contributed by atoms with E-state index in [4.69, 9.17) is 34.8 Å². The SMILES string of the molecule is CCCCN(C(=O)C(Cl)Cl)C(C)c1nc2cc(Cl)ccc2c(=O)n1CC. The molecule has 26 heavy (non-hydrogen) atoms. The predicted molar refractivity (Wildman–Crippen MR) is 107 cm³/mol. The van der Waals surface area contributed by atoms with E-state index in [0.717, 1.165) is 12.8 Å². The van der Waals surface area contributed by atoms with Crippen molar-refractivity contribution in [2.45, 2.75) is 51.0 Å². The Hall–Kier alpha value is -1.30. The van der Waals surface area contributed by atoms with E-state index in [1.807, 2.05) is 20.8 Å². The van der Waals surface area contributed by atoms with Gasteiger partial charge >= 0.3 is 0 Å². The smallest absolute Gasteiger partial charge is 0.261 e. The van der Waals surface area contributed by atoms with Crippen molar-refractivity contribution in [3.63, 3.8) is 0 Å². The van der Waals surface area contributed by atoms with Crippen LogP contribution in [-0.2, 0) is 11.3 Å². The number of hydrogen-bond acceptors (Lipinski definition) is 3. The van der Waals surface area contributed by atoms with Crippen molar-refractivity contribution in [1.82, 2.24) is 14.5 Å². The van der Waals surface area contributed by atoms with E-state index < -0.39 is 16.8 Å². The molecule has 1 aromatic heterocycles. The van der Waals surface area contributed by atoms with Crippen LogP contribution in [0.15, 0.2) is 23.0 Å². The van der Waals surface area contributed by atoms with Gasteiger partial charge in [-0.2, -0.15) is 0 Å². The molecule has 0 radical (unpaired) electrons. The quantitative estimate of drug-likeness (QED) is 0.619. The number of aromatic nitrogens is 2. The van der Waals surface area contributed by atoms with Crippen LogP contribution in [0.1, 0.15) is 45.5 Å². The predicted octanol–water partition coefficient (Wildman–Crippen LogP) is 4.56. The average molecular weight is 419 g/mol. The number of rotatable bonds is 7. The minimum absolute atomic E-state index is 0.160. The first-order valence-electron chi connectivity index (χ1n) is 8.60. The summed E-state index contributed by atoms with van der Waals surface area (Å²) in [6, 6.07) is 4.53. The van der Waals surface area contributed by atoms with Gasteiger partial charge in [-0.3, -0.25) is 14.2 Å². The summed E-state index contributed by atoms with van der Waals surface area (Å²) in [6.45, 7) is 6.65. The molecule has 1 unspecified atom stereocenters. The monoisotopic (exact) mass is 417 g/mol. The maximum absolute atomic E-state index is 12.9. The second-order valence-corrected chi connectivity index (χ2v) is 7.58. The van der Waals surface area contributed by atoms with E-state index in [1.54, 1.807) is 27.7 Å². The van der Waals surface area contributed by atoms with Crippen molar-refractivity contribution in [3.8, 4) is 0 Å². The number of benzene rings is 1. The van der Waals surface area contributed by atoms with Gasteiger partial charge in [-0.05, 0) is 38.5 Å². The Morgan fingerprint density at radius 2 is 2.00 bits per heavy atom.